The van der Waals surface area contributed by atoms with E-state index in [-0.39, 0.29) is 0 Å². The van der Waals surface area contributed by atoms with Crippen LogP contribution < -0.4 is 10.7 Å². The Kier molecular flexibility index (Phi) is 2.26. The van der Waals surface area contributed by atoms with Crippen molar-refractivity contribution in [2.75, 3.05) is 0 Å². The summed E-state index contributed by atoms with van der Waals surface area (Å²) in [5, 5.41) is 1.56. The number of alkyl halides is 2. The van der Waals surface area contributed by atoms with Gasteiger partial charge in [-0.25, -0.2) is 9.98 Å². The molecule has 1 aliphatic rings. The number of hydrogen-bond acceptors (Lipinski definition) is 3. The Hall–Kier alpha value is -0.250. The molecule has 0 fully saturated rings. The van der Waals surface area contributed by atoms with Crippen molar-refractivity contribution in [2.45, 2.75) is 9.83 Å². The van der Waals surface area contributed by atoms with Crippen molar-refractivity contribution in [3.8, 4) is 0 Å². The fraction of sp³-hybridized carbons (Fsp3) is 0.250. The molecule has 0 spiro atoms. The molecule has 0 aromatic heterocycles. The van der Waals surface area contributed by atoms with Crippen LogP contribution in [0.3, 0.4) is 0 Å². The Labute approximate surface area is 90.7 Å². The maximum Gasteiger partial charge on any atom is 0.225 e. The van der Waals surface area contributed by atoms with Gasteiger partial charge in [0.25, 0.3) is 0 Å². The minimum Gasteiger partial charge on any atom is -0.240 e. The first-order chi connectivity index (χ1) is 6.12. The second-order valence-electron chi connectivity index (χ2n) is 2.70. The zero-order valence-corrected chi connectivity index (χ0v) is 8.89. The minimum atomic E-state index is -1.02. The maximum atomic E-state index is 5.72. The quantitative estimate of drug-likeness (QED) is 0.559. The van der Waals surface area contributed by atoms with E-state index in [9.17, 15) is 0 Å². The second kappa shape index (κ2) is 3.15. The van der Waals surface area contributed by atoms with Crippen LogP contribution in [-0.4, -0.2) is 9.83 Å². The Morgan fingerprint density at radius 1 is 1.15 bits per heavy atom. The van der Waals surface area contributed by atoms with E-state index in [4.69, 9.17) is 23.2 Å². The summed E-state index contributed by atoms with van der Waals surface area (Å²) in [5.74, 6) is 0. The van der Waals surface area contributed by atoms with Gasteiger partial charge in [-0.1, -0.05) is 35.3 Å². The SMILES string of the molecule is SC1(C(Cl)Cl)N=c2ccccc2=N1. The summed E-state index contributed by atoms with van der Waals surface area (Å²) < 4.78 is 0. The Morgan fingerprint density at radius 2 is 1.62 bits per heavy atom. The molecule has 5 heteroatoms. The standard InChI is InChI=1S/C8H6Cl2N2S/c9-7(10)8(13)11-5-3-1-2-4-6(5)12-8/h1-4,7,13H. The summed E-state index contributed by atoms with van der Waals surface area (Å²) in [4.78, 5) is 6.67. The van der Waals surface area contributed by atoms with Crippen molar-refractivity contribution in [2.24, 2.45) is 9.98 Å². The number of nitrogens with zero attached hydrogens (tertiary/aromatic N) is 2. The first-order valence-electron chi connectivity index (χ1n) is 3.67. The molecule has 0 atom stereocenters. The first-order valence-corrected chi connectivity index (χ1v) is 4.99. The van der Waals surface area contributed by atoms with Gasteiger partial charge in [0.1, 0.15) is 0 Å². The van der Waals surface area contributed by atoms with Crippen LogP contribution in [0.25, 0.3) is 0 Å². The van der Waals surface area contributed by atoms with Gasteiger partial charge in [0.2, 0.25) is 4.99 Å². The predicted molar refractivity (Wildman–Crippen MR) is 56.0 cm³/mol. The monoisotopic (exact) mass is 232 g/mol. The van der Waals surface area contributed by atoms with Gasteiger partial charge in [0.05, 0.1) is 10.7 Å². The highest BCUT2D eigenvalue weighted by molar-refractivity contribution is 7.82. The molecule has 68 valence electrons. The van der Waals surface area contributed by atoms with E-state index < -0.39 is 9.83 Å². The first kappa shape index (κ1) is 9.31. The van der Waals surface area contributed by atoms with E-state index in [0.717, 1.165) is 10.7 Å². The lowest BCUT2D eigenvalue weighted by Crippen LogP contribution is -2.23. The number of fused-ring (bicyclic) bond motifs is 1. The number of thiol groups is 1. The predicted octanol–water partition coefficient (Wildman–Crippen LogP) is 1.33. The molecule has 2 nitrogen and oxygen atoms in total. The molecule has 1 aliphatic heterocycles. The Bertz CT molecular complexity index is 409. The summed E-state index contributed by atoms with van der Waals surface area (Å²) in [6.45, 7) is 0. The highest BCUT2D eigenvalue weighted by atomic mass is 35.5. The van der Waals surface area contributed by atoms with Crippen LogP contribution in [0.4, 0.5) is 0 Å². The van der Waals surface area contributed by atoms with Gasteiger partial charge < -0.3 is 0 Å². The minimum absolute atomic E-state index is 0.747. The maximum absolute atomic E-state index is 5.72. The molecule has 0 N–H and O–H groups in total. The van der Waals surface area contributed by atoms with Crippen LogP contribution in [-0.2, 0) is 0 Å². The average Bonchev–Trinajstić information content (AvgIpc) is 2.42. The zero-order chi connectivity index (χ0) is 9.47. The molecule has 0 radical (unpaired) electrons. The lowest BCUT2D eigenvalue weighted by Gasteiger charge is -2.16. The lowest BCUT2D eigenvalue weighted by molar-refractivity contribution is 0.699. The van der Waals surface area contributed by atoms with Gasteiger partial charge in [-0.05, 0) is 12.1 Å². The summed E-state index contributed by atoms with van der Waals surface area (Å²) >= 11 is 15.7. The highest BCUT2D eigenvalue weighted by Gasteiger charge is 2.33. The largest absolute Gasteiger partial charge is 0.240 e. The van der Waals surface area contributed by atoms with E-state index in [1.165, 1.54) is 0 Å². The van der Waals surface area contributed by atoms with E-state index >= 15 is 0 Å². The van der Waals surface area contributed by atoms with Crippen molar-refractivity contribution in [3.05, 3.63) is 35.0 Å². The van der Waals surface area contributed by atoms with Gasteiger partial charge in [-0.15, -0.1) is 12.6 Å². The molecule has 1 aromatic carbocycles. The van der Waals surface area contributed by atoms with E-state index in [1.54, 1.807) is 0 Å². The topological polar surface area (TPSA) is 24.7 Å². The van der Waals surface area contributed by atoms with Gasteiger partial charge in [0.15, 0.2) is 4.84 Å². The van der Waals surface area contributed by atoms with Gasteiger partial charge in [0, 0.05) is 0 Å². The fourth-order valence-corrected chi connectivity index (χ4v) is 1.54. The molecule has 0 bridgehead atoms. The van der Waals surface area contributed by atoms with Crippen LogP contribution >= 0.6 is 35.8 Å². The molecule has 1 heterocycles. The molecule has 0 aliphatic carbocycles. The third kappa shape index (κ3) is 1.56. The molecule has 0 amide bonds. The van der Waals surface area contributed by atoms with Crippen molar-refractivity contribution in [1.82, 2.24) is 0 Å². The summed E-state index contributed by atoms with van der Waals surface area (Å²) in [5.41, 5.74) is 0. The van der Waals surface area contributed by atoms with Crippen molar-refractivity contribution < 1.29 is 0 Å². The lowest BCUT2D eigenvalue weighted by atomic mass is 10.3. The van der Waals surface area contributed by atoms with Crippen molar-refractivity contribution in [3.63, 3.8) is 0 Å². The van der Waals surface area contributed by atoms with Crippen LogP contribution in [0.1, 0.15) is 0 Å². The van der Waals surface area contributed by atoms with E-state index in [1.807, 2.05) is 24.3 Å². The second-order valence-corrected chi connectivity index (χ2v) is 4.45. The van der Waals surface area contributed by atoms with Crippen LogP contribution in [0.15, 0.2) is 34.3 Å². The van der Waals surface area contributed by atoms with Gasteiger partial charge in [-0.3, -0.25) is 0 Å². The van der Waals surface area contributed by atoms with Crippen LogP contribution in [0.2, 0.25) is 0 Å². The molecule has 1 aromatic rings. The smallest absolute Gasteiger partial charge is 0.225 e. The molecule has 0 unspecified atom stereocenters. The average molecular weight is 233 g/mol. The zero-order valence-electron chi connectivity index (χ0n) is 6.48. The fourth-order valence-electron chi connectivity index (χ4n) is 1.13. The molecule has 2 rings (SSSR count). The third-order valence-corrected chi connectivity index (χ3v) is 3.12. The molecular formula is C8H6Cl2N2S. The number of para-hydroxylation sites is 2. The molecule has 0 saturated carbocycles. The van der Waals surface area contributed by atoms with Crippen molar-refractivity contribution in [1.29, 1.82) is 0 Å². The number of benzene rings is 1. The van der Waals surface area contributed by atoms with Gasteiger partial charge >= 0.3 is 0 Å². The third-order valence-electron chi connectivity index (χ3n) is 1.74. The molecule has 0 saturated heterocycles. The number of halogens is 2. The van der Waals surface area contributed by atoms with Crippen LogP contribution in [0, 0.1) is 0 Å². The Morgan fingerprint density at radius 3 is 2.00 bits per heavy atom. The van der Waals surface area contributed by atoms with E-state index in [2.05, 4.69) is 22.6 Å². The van der Waals surface area contributed by atoms with E-state index in [0.29, 0.717) is 0 Å². The van der Waals surface area contributed by atoms with Crippen molar-refractivity contribution >= 4 is 35.8 Å². The van der Waals surface area contributed by atoms with Gasteiger partial charge in [-0.2, -0.15) is 0 Å². The summed E-state index contributed by atoms with van der Waals surface area (Å²) in [6, 6.07) is 7.48. The number of hydrogen-bond donors (Lipinski definition) is 1. The highest BCUT2D eigenvalue weighted by Crippen LogP contribution is 2.30. The normalized spacial score (nSPS) is 17.8. The summed E-state index contributed by atoms with van der Waals surface area (Å²) in [7, 11) is 0. The molecular weight excluding hydrogens is 227 g/mol. The van der Waals surface area contributed by atoms with Crippen LogP contribution in [0.5, 0.6) is 0 Å². The number of rotatable bonds is 1. The Balaban J connectivity index is 2.63. The summed E-state index contributed by atoms with van der Waals surface area (Å²) in [6.07, 6.45) is 0. The molecule has 13 heavy (non-hydrogen) atoms.